The summed E-state index contributed by atoms with van der Waals surface area (Å²) in [5, 5.41) is -1.27. The molecule has 0 spiro atoms. The third-order valence-electron chi connectivity index (χ3n) is 1.97. The summed E-state index contributed by atoms with van der Waals surface area (Å²) in [6.07, 6.45) is 0. The highest BCUT2D eigenvalue weighted by atomic mass is 35.5. The molecule has 0 radical (unpaired) electrons. The first-order valence-corrected chi connectivity index (χ1v) is 4.82. The van der Waals surface area contributed by atoms with Crippen LogP contribution in [0.15, 0.2) is 24.3 Å². The normalized spacial score (nSPS) is 11.9. The molecule has 0 saturated heterocycles. The molecule has 0 amide bonds. The molecule has 0 N–H and O–H groups in total. The van der Waals surface area contributed by atoms with Crippen molar-refractivity contribution in [2.45, 2.75) is 12.3 Å². The van der Waals surface area contributed by atoms with Gasteiger partial charge in [0.25, 0.3) is 0 Å². The van der Waals surface area contributed by atoms with Crippen LogP contribution >= 0.6 is 11.6 Å². The van der Waals surface area contributed by atoms with Crippen LogP contribution in [-0.2, 0) is 9.53 Å². The Balaban J connectivity index is 2.85. The molecule has 0 aliphatic carbocycles. The molecule has 0 bridgehead atoms. The molecule has 1 atom stereocenters. The maximum Gasteiger partial charge on any atom is 0.331 e. The topological polar surface area (TPSA) is 43.4 Å². The van der Waals surface area contributed by atoms with Crippen molar-refractivity contribution in [1.29, 1.82) is 0 Å². The monoisotopic (exact) mass is 226 g/mol. The molecule has 0 aromatic heterocycles. The summed E-state index contributed by atoms with van der Waals surface area (Å²) in [4.78, 5) is 22.6. The number of carbonyl (C=O) groups excluding carboxylic acids is 2. The summed E-state index contributed by atoms with van der Waals surface area (Å²) in [5.41, 5.74) is 1.45. The van der Waals surface area contributed by atoms with Crippen LogP contribution in [0.25, 0.3) is 0 Å². The number of hydrogen-bond acceptors (Lipinski definition) is 3. The second-order valence-electron chi connectivity index (χ2n) is 3.12. The number of ketones is 1. The van der Waals surface area contributed by atoms with Gasteiger partial charge in [0.15, 0.2) is 11.2 Å². The third kappa shape index (κ3) is 2.80. The number of carbonyl (C=O) groups is 2. The van der Waals surface area contributed by atoms with E-state index in [1.54, 1.807) is 24.3 Å². The molecule has 0 fully saturated rings. The quantitative estimate of drug-likeness (QED) is 0.343. The Hall–Kier alpha value is -1.35. The van der Waals surface area contributed by atoms with Crippen LogP contribution in [0.3, 0.4) is 0 Å². The molecule has 80 valence electrons. The van der Waals surface area contributed by atoms with Gasteiger partial charge >= 0.3 is 5.97 Å². The fraction of sp³-hybridized carbons (Fsp3) is 0.273. The Morgan fingerprint density at radius 3 is 2.27 bits per heavy atom. The van der Waals surface area contributed by atoms with E-state index in [0.29, 0.717) is 5.56 Å². The molecule has 0 heterocycles. The zero-order chi connectivity index (χ0) is 11.4. The summed E-state index contributed by atoms with van der Waals surface area (Å²) in [6.45, 7) is 1.91. The van der Waals surface area contributed by atoms with Crippen molar-refractivity contribution in [3.05, 3.63) is 35.4 Å². The summed E-state index contributed by atoms with van der Waals surface area (Å²) in [6, 6.07) is 6.84. The molecular weight excluding hydrogens is 216 g/mol. The lowest BCUT2D eigenvalue weighted by Crippen LogP contribution is -2.25. The van der Waals surface area contributed by atoms with Gasteiger partial charge in [0.1, 0.15) is 0 Å². The first kappa shape index (κ1) is 11.7. The summed E-state index contributed by atoms with van der Waals surface area (Å²) >= 11 is 5.63. The number of alkyl halides is 1. The zero-order valence-corrected chi connectivity index (χ0v) is 9.25. The highest BCUT2D eigenvalue weighted by molar-refractivity contribution is 6.43. The largest absolute Gasteiger partial charge is 0.468 e. The Labute approximate surface area is 93.0 Å². The minimum Gasteiger partial charge on any atom is -0.468 e. The third-order valence-corrected chi connectivity index (χ3v) is 2.35. The van der Waals surface area contributed by atoms with E-state index < -0.39 is 17.1 Å². The summed E-state index contributed by atoms with van der Waals surface area (Å²) in [5.74, 6) is -1.18. The van der Waals surface area contributed by atoms with Crippen molar-refractivity contribution >= 4 is 23.4 Å². The van der Waals surface area contributed by atoms with Gasteiger partial charge in [-0.1, -0.05) is 29.8 Å². The van der Waals surface area contributed by atoms with Crippen molar-refractivity contribution in [2.24, 2.45) is 0 Å². The predicted molar refractivity (Wildman–Crippen MR) is 57.2 cm³/mol. The van der Waals surface area contributed by atoms with Gasteiger partial charge in [-0.2, -0.15) is 0 Å². The maximum absolute atomic E-state index is 11.6. The molecular formula is C11H11ClO3. The van der Waals surface area contributed by atoms with Crippen LogP contribution < -0.4 is 0 Å². The number of halogens is 1. The van der Waals surface area contributed by atoms with Gasteiger partial charge in [0.2, 0.25) is 0 Å². The molecule has 1 aromatic rings. The Morgan fingerprint density at radius 2 is 1.80 bits per heavy atom. The molecule has 0 aliphatic heterocycles. The number of Topliss-reactive ketones (excluding diaryl/α,β-unsaturated/α-hetero) is 1. The van der Waals surface area contributed by atoms with Crippen LogP contribution in [0.2, 0.25) is 0 Å². The number of benzene rings is 1. The van der Waals surface area contributed by atoms with Crippen molar-refractivity contribution in [3.63, 3.8) is 0 Å². The molecule has 15 heavy (non-hydrogen) atoms. The lowest BCUT2D eigenvalue weighted by molar-refractivity contribution is -0.139. The maximum atomic E-state index is 11.6. The minimum atomic E-state index is -1.27. The second-order valence-corrected chi connectivity index (χ2v) is 3.55. The average Bonchev–Trinajstić information content (AvgIpc) is 2.27. The molecule has 4 heteroatoms. The van der Waals surface area contributed by atoms with Crippen molar-refractivity contribution in [3.8, 4) is 0 Å². The Kier molecular flexibility index (Phi) is 3.86. The Morgan fingerprint density at radius 1 is 1.27 bits per heavy atom. The number of methoxy groups -OCH3 is 1. The first-order chi connectivity index (χ1) is 7.06. The van der Waals surface area contributed by atoms with Crippen LogP contribution in [0.1, 0.15) is 15.9 Å². The highest BCUT2D eigenvalue weighted by Gasteiger charge is 2.25. The number of hydrogen-bond donors (Lipinski definition) is 0. The second kappa shape index (κ2) is 4.94. The molecule has 1 rings (SSSR count). The first-order valence-electron chi connectivity index (χ1n) is 4.39. The standard InChI is InChI=1S/C11H11ClO3/c1-7-3-5-8(6-4-7)10(13)9(12)11(14)15-2/h3-6,9H,1-2H3/t9-/m0/s1. The molecule has 0 unspecified atom stereocenters. The zero-order valence-electron chi connectivity index (χ0n) is 8.49. The van der Waals surface area contributed by atoms with Gasteiger partial charge < -0.3 is 4.74 Å². The molecule has 0 aliphatic rings. The predicted octanol–water partition coefficient (Wildman–Crippen LogP) is 1.96. The van der Waals surface area contributed by atoms with Crippen LogP contribution in [0.4, 0.5) is 0 Å². The van der Waals surface area contributed by atoms with E-state index >= 15 is 0 Å². The van der Waals surface area contributed by atoms with E-state index in [4.69, 9.17) is 11.6 Å². The number of rotatable bonds is 3. The van der Waals surface area contributed by atoms with Gasteiger partial charge in [-0.3, -0.25) is 4.79 Å². The minimum absolute atomic E-state index is 0.408. The van der Waals surface area contributed by atoms with E-state index in [1.165, 1.54) is 7.11 Å². The van der Waals surface area contributed by atoms with E-state index in [0.717, 1.165) is 5.56 Å². The van der Waals surface area contributed by atoms with Crippen molar-refractivity contribution < 1.29 is 14.3 Å². The molecule has 0 saturated carbocycles. The lowest BCUT2D eigenvalue weighted by atomic mass is 10.1. The van der Waals surface area contributed by atoms with Gasteiger partial charge in [0.05, 0.1) is 7.11 Å². The van der Waals surface area contributed by atoms with Crippen LogP contribution in [0.5, 0.6) is 0 Å². The summed E-state index contributed by atoms with van der Waals surface area (Å²) in [7, 11) is 1.19. The van der Waals surface area contributed by atoms with Crippen molar-refractivity contribution in [2.75, 3.05) is 7.11 Å². The SMILES string of the molecule is COC(=O)[C@@H](Cl)C(=O)c1ccc(C)cc1. The van der Waals surface area contributed by atoms with Crippen LogP contribution in [-0.4, -0.2) is 24.2 Å². The highest BCUT2D eigenvalue weighted by Crippen LogP contribution is 2.11. The Bertz CT molecular complexity index is 370. The molecule has 1 aromatic carbocycles. The number of ether oxygens (including phenoxy) is 1. The van der Waals surface area contributed by atoms with Gasteiger partial charge in [-0.05, 0) is 6.92 Å². The lowest BCUT2D eigenvalue weighted by Gasteiger charge is -2.06. The van der Waals surface area contributed by atoms with Gasteiger partial charge in [-0.15, -0.1) is 11.6 Å². The van der Waals surface area contributed by atoms with Crippen molar-refractivity contribution in [1.82, 2.24) is 0 Å². The summed E-state index contributed by atoms with van der Waals surface area (Å²) < 4.78 is 4.39. The van der Waals surface area contributed by atoms with Crippen LogP contribution in [0, 0.1) is 6.92 Å². The smallest absolute Gasteiger partial charge is 0.331 e. The average molecular weight is 227 g/mol. The van der Waals surface area contributed by atoms with E-state index in [2.05, 4.69) is 4.74 Å². The van der Waals surface area contributed by atoms with E-state index in [-0.39, 0.29) is 0 Å². The molecule has 3 nitrogen and oxygen atoms in total. The number of aryl methyl sites for hydroxylation is 1. The van der Waals surface area contributed by atoms with Gasteiger partial charge in [-0.25, -0.2) is 4.79 Å². The fourth-order valence-electron chi connectivity index (χ4n) is 1.07. The van der Waals surface area contributed by atoms with E-state index in [9.17, 15) is 9.59 Å². The van der Waals surface area contributed by atoms with E-state index in [1.807, 2.05) is 6.92 Å². The van der Waals surface area contributed by atoms with Gasteiger partial charge in [0, 0.05) is 5.56 Å². The number of esters is 1. The fourth-order valence-corrected chi connectivity index (χ4v) is 1.29.